The van der Waals surface area contributed by atoms with Crippen molar-refractivity contribution in [2.75, 3.05) is 6.61 Å². The number of carbonyl (C=O) groups is 1. The molecule has 114 valence electrons. The molecule has 6 heteroatoms. The average molecular weight is 307 g/mol. The zero-order valence-electron chi connectivity index (χ0n) is 11.4. The Kier molecular flexibility index (Phi) is 4.60. The molecule has 2 rings (SSSR count). The van der Waals surface area contributed by atoms with Crippen molar-refractivity contribution < 1.29 is 22.7 Å². The summed E-state index contributed by atoms with van der Waals surface area (Å²) >= 11 is 0. The summed E-state index contributed by atoms with van der Waals surface area (Å²) in [5, 5.41) is 0. The lowest BCUT2D eigenvalue weighted by molar-refractivity contribution is -0.137. The first-order chi connectivity index (χ1) is 10.4. The zero-order valence-corrected chi connectivity index (χ0v) is 11.4. The number of ether oxygens (including phenoxy) is 1. The van der Waals surface area contributed by atoms with Crippen LogP contribution in [0.3, 0.4) is 0 Å². The molecular formula is C16H12F3NO2. The first-order valence-corrected chi connectivity index (χ1v) is 6.34. The van der Waals surface area contributed by atoms with Crippen molar-refractivity contribution in [3.8, 4) is 11.3 Å². The summed E-state index contributed by atoms with van der Waals surface area (Å²) in [6.07, 6.45) is -2.96. The van der Waals surface area contributed by atoms with Gasteiger partial charge in [0.15, 0.2) is 0 Å². The molecule has 0 aliphatic rings. The number of pyridine rings is 1. The Morgan fingerprint density at radius 1 is 1.18 bits per heavy atom. The molecule has 0 N–H and O–H groups in total. The van der Waals surface area contributed by atoms with E-state index < -0.39 is 17.7 Å². The molecule has 0 saturated heterocycles. The van der Waals surface area contributed by atoms with Gasteiger partial charge in [-0.3, -0.25) is 0 Å². The Hall–Kier alpha value is -2.63. The minimum Gasteiger partial charge on any atom is -0.457 e. The molecule has 0 bridgehead atoms. The first-order valence-electron chi connectivity index (χ1n) is 6.34. The second-order valence-electron chi connectivity index (χ2n) is 4.37. The van der Waals surface area contributed by atoms with Gasteiger partial charge < -0.3 is 4.74 Å². The van der Waals surface area contributed by atoms with Crippen LogP contribution in [0.5, 0.6) is 0 Å². The van der Waals surface area contributed by atoms with Gasteiger partial charge in [-0.15, -0.1) is 0 Å². The molecule has 0 fully saturated rings. The Labute approximate surface area is 125 Å². The molecule has 22 heavy (non-hydrogen) atoms. The number of halogens is 3. The van der Waals surface area contributed by atoms with Crippen molar-refractivity contribution in [2.24, 2.45) is 0 Å². The van der Waals surface area contributed by atoms with E-state index in [2.05, 4.69) is 11.6 Å². The molecule has 0 amide bonds. The highest BCUT2D eigenvalue weighted by atomic mass is 19.4. The summed E-state index contributed by atoms with van der Waals surface area (Å²) < 4.78 is 42.4. The molecule has 2 aromatic rings. The third-order valence-electron chi connectivity index (χ3n) is 2.80. The predicted molar refractivity (Wildman–Crippen MR) is 75.2 cm³/mol. The van der Waals surface area contributed by atoms with Gasteiger partial charge in [0.05, 0.1) is 11.3 Å². The second kappa shape index (κ2) is 6.43. The fourth-order valence-corrected chi connectivity index (χ4v) is 1.75. The van der Waals surface area contributed by atoms with Gasteiger partial charge in [0.1, 0.15) is 12.3 Å². The fourth-order valence-electron chi connectivity index (χ4n) is 1.75. The van der Waals surface area contributed by atoms with Crippen molar-refractivity contribution in [3.05, 3.63) is 66.4 Å². The van der Waals surface area contributed by atoms with Crippen LogP contribution in [0, 0.1) is 0 Å². The molecule has 0 aliphatic heterocycles. The van der Waals surface area contributed by atoms with E-state index in [9.17, 15) is 18.0 Å². The van der Waals surface area contributed by atoms with E-state index in [1.165, 1.54) is 24.3 Å². The third kappa shape index (κ3) is 3.72. The lowest BCUT2D eigenvalue weighted by atomic mass is 10.1. The smallest absolute Gasteiger partial charge is 0.416 e. The molecule has 0 atom stereocenters. The van der Waals surface area contributed by atoms with Crippen LogP contribution < -0.4 is 0 Å². The number of aromatic nitrogens is 1. The number of rotatable bonds is 4. The van der Waals surface area contributed by atoms with Crippen LogP contribution in [0.15, 0.2) is 55.1 Å². The minimum absolute atomic E-state index is 0.0605. The Balaban J connectivity index is 2.26. The molecule has 0 aliphatic carbocycles. The molecule has 1 aromatic carbocycles. The molecule has 0 radical (unpaired) electrons. The van der Waals surface area contributed by atoms with E-state index in [4.69, 9.17) is 4.74 Å². The second-order valence-corrected chi connectivity index (χ2v) is 4.37. The highest BCUT2D eigenvalue weighted by Gasteiger charge is 2.30. The zero-order chi connectivity index (χ0) is 16.2. The topological polar surface area (TPSA) is 39.2 Å². The summed E-state index contributed by atoms with van der Waals surface area (Å²) in [6.45, 7) is 3.49. The van der Waals surface area contributed by atoms with Crippen LogP contribution in [0.25, 0.3) is 11.3 Å². The van der Waals surface area contributed by atoms with Crippen molar-refractivity contribution in [2.45, 2.75) is 6.18 Å². The largest absolute Gasteiger partial charge is 0.457 e. The van der Waals surface area contributed by atoms with Gasteiger partial charge in [0.2, 0.25) is 0 Å². The van der Waals surface area contributed by atoms with Crippen LogP contribution in [0.2, 0.25) is 0 Å². The number of esters is 1. The minimum atomic E-state index is -4.39. The maximum Gasteiger partial charge on any atom is 0.416 e. The van der Waals surface area contributed by atoms with E-state index >= 15 is 0 Å². The molecule has 3 nitrogen and oxygen atoms in total. The van der Waals surface area contributed by atoms with E-state index in [-0.39, 0.29) is 12.3 Å². The van der Waals surface area contributed by atoms with Gasteiger partial charge in [0.25, 0.3) is 0 Å². The van der Waals surface area contributed by atoms with Gasteiger partial charge >= 0.3 is 12.1 Å². The van der Waals surface area contributed by atoms with Gasteiger partial charge in [-0.05, 0) is 24.3 Å². The monoisotopic (exact) mass is 307 g/mol. The van der Waals surface area contributed by atoms with Crippen LogP contribution in [0.4, 0.5) is 13.2 Å². The summed E-state index contributed by atoms with van der Waals surface area (Å²) in [6, 6.07) is 9.23. The van der Waals surface area contributed by atoms with Crippen LogP contribution in [0.1, 0.15) is 16.1 Å². The van der Waals surface area contributed by atoms with Gasteiger partial charge in [0, 0.05) is 5.56 Å². The quantitative estimate of drug-likeness (QED) is 0.630. The van der Waals surface area contributed by atoms with Crippen molar-refractivity contribution in [1.29, 1.82) is 0 Å². The standard InChI is InChI=1S/C16H12F3NO2/c1-2-10-22-15(21)14-5-3-4-13(20-14)11-6-8-12(9-7-11)16(17,18)19/h2-9H,1,10H2. The van der Waals surface area contributed by atoms with Crippen LogP contribution in [-0.4, -0.2) is 17.6 Å². The maximum atomic E-state index is 12.5. The van der Waals surface area contributed by atoms with Gasteiger partial charge in [-0.2, -0.15) is 13.2 Å². The number of nitrogens with zero attached hydrogens (tertiary/aromatic N) is 1. The lowest BCUT2D eigenvalue weighted by Crippen LogP contribution is -2.08. The van der Waals surface area contributed by atoms with Crippen LogP contribution in [-0.2, 0) is 10.9 Å². The summed E-state index contributed by atoms with van der Waals surface area (Å²) in [4.78, 5) is 15.8. The summed E-state index contributed by atoms with van der Waals surface area (Å²) in [5.41, 5.74) is 0.213. The molecule has 1 aromatic heterocycles. The normalized spacial score (nSPS) is 11.0. The van der Waals surface area contributed by atoms with E-state index in [0.717, 1.165) is 12.1 Å². The lowest BCUT2D eigenvalue weighted by Gasteiger charge is -2.08. The molecular weight excluding hydrogens is 295 g/mol. The van der Waals surface area contributed by atoms with Gasteiger partial charge in [-0.25, -0.2) is 9.78 Å². The fraction of sp³-hybridized carbons (Fsp3) is 0.125. The Morgan fingerprint density at radius 2 is 1.86 bits per heavy atom. The SMILES string of the molecule is C=CCOC(=O)c1cccc(-c2ccc(C(F)(F)F)cc2)n1. The molecule has 1 heterocycles. The number of benzene rings is 1. The highest BCUT2D eigenvalue weighted by molar-refractivity contribution is 5.88. The maximum absolute atomic E-state index is 12.5. The molecule has 0 saturated carbocycles. The Morgan fingerprint density at radius 3 is 2.45 bits per heavy atom. The number of alkyl halides is 3. The van der Waals surface area contributed by atoms with Crippen molar-refractivity contribution in [1.82, 2.24) is 4.98 Å². The number of hydrogen-bond acceptors (Lipinski definition) is 3. The van der Waals surface area contributed by atoms with Gasteiger partial charge in [-0.1, -0.05) is 30.9 Å². The predicted octanol–water partition coefficient (Wildman–Crippen LogP) is 4.11. The Bertz CT molecular complexity index is 679. The third-order valence-corrected chi connectivity index (χ3v) is 2.80. The average Bonchev–Trinajstić information content (AvgIpc) is 2.52. The number of carbonyl (C=O) groups excluding carboxylic acids is 1. The summed E-state index contributed by atoms with van der Waals surface area (Å²) in [5.74, 6) is -0.617. The highest BCUT2D eigenvalue weighted by Crippen LogP contribution is 2.30. The first kappa shape index (κ1) is 15.8. The van der Waals surface area contributed by atoms with Crippen molar-refractivity contribution in [3.63, 3.8) is 0 Å². The summed E-state index contributed by atoms with van der Waals surface area (Å²) in [7, 11) is 0. The van der Waals surface area contributed by atoms with E-state index in [1.54, 1.807) is 12.1 Å². The van der Waals surface area contributed by atoms with E-state index in [1.807, 2.05) is 0 Å². The van der Waals surface area contributed by atoms with Crippen molar-refractivity contribution >= 4 is 5.97 Å². The van der Waals surface area contributed by atoms with Crippen LogP contribution >= 0.6 is 0 Å². The molecule has 0 spiro atoms. The molecule has 0 unspecified atom stereocenters. The number of hydrogen-bond donors (Lipinski definition) is 0. The van der Waals surface area contributed by atoms with E-state index in [0.29, 0.717) is 11.3 Å².